The number of hydrazine groups is 1. The molecule has 2 bridgehead atoms. The second-order valence-electron chi connectivity index (χ2n) is 6.93. The van der Waals surface area contributed by atoms with Gasteiger partial charge in [0.2, 0.25) is 17.3 Å². The Hall–Kier alpha value is -3.47. The minimum atomic E-state index is -2.04. The van der Waals surface area contributed by atoms with E-state index in [1.165, 1.54) is 27.4 Å². The Labute approximate surface area is 191 Å². The number of ketones is 1. The molecule has 0 fully saturated rings. The molecular formula is C22H28N2O9. The van der Waals surface area contributed by atoms with E-state index in [1.807, 2.05) is 0 Å². The molecule has 11 heteroatoms. The van der Waals surface area contributed by atoms with Crippen LogP contribution >= 0.6 is 0 Å². The van der Waals surface area contributed by atoms with Gasteiger partial charge in [0.25, 0.3) is 0 Å². The van der Waals surface area contributed by atoms with Gasteiger partial charge in [-0.1, -0.05) is 6.08 Å². The summed E-state index contributed by atoms with van der Waals surface area (Å²) < 4.78 is 32.8. The molecular weight excluding hydrogens is 436 g/mol. The standard InChI is InChI=1S/C22H28N2O9/c1-7-31-18-16-13(12-15(28-4)17(18)29-5)14-10-11-22(30-6,19(16)25)24(21(27)33-9-3)23(14)20(26)32-8-2/h10-12,14H,7-9H2,1-6H3/t14-,22-/m1/s1. The van der Waals surface area contributed by atoms with Crippen molar-refractivity contribution in [2.75, 3.05) is 41.2 Å². The van der Waals surface area contributed by atoms with Crippen molar-refractivity contribution in [3.05, 3.63) is 29.3 Å². The van der Waals surface area contributed by atoms with Gasteiger partial charge in [0.15, 0.2) is 11.5 Å². The molecule has 2 aliphatic heterocycles. The summed E-state index contributed by atoms with van der Waals surface area (Å²) in [6.07, 6.45) is 1.18. The molecule has 4 rings (SSSR count). The highest BCUT2D eigenvalue weighted by Gasteiger charge is 2.59. The fourth-order valence-corrected chi connectivity index (χ4v) is 4.01. The molecule has 0 spiro atoms. The van der Waals surface area contributed by atoms with Crippen LogP contribution in [0, 0.1) is 0 Å². The van der Waals surface area contributed by atoms with Gasteiger partial charge in [-0.3, -0.25) is 4.79 Å². The molecule has 11 nitrogen and oxygen atoms in total. The molecule has 2 heterocycles. The lowest BCUT2D eigenvalue weighted by Gasteiger charge is -2.46. The minimum Gasteiger partial charge on any atom is -0.493 e. The second kappa shape index (κ2) is 9.57. The van der Waals surface area contributed by atoms with Crippen LogP contribution in [0.5, 0.6) is 17.2 Å². The van der Waals surface area contributed by atoms with E-state index in [0.717, 1.165) is 10.0 Å². The van der Waals surface area contributed by atoms with Crippen molar-refractivity contribution >= 4 is 18.0 Å². The number of amides is 2. The molecule has 0 saturated heterocycles. The van der Waals surface area contributed by atoms with Crippen molar-refractivity contribution in [3.63, 3.8) is 0 Å². The fraction of sp³-hybridized carbons (Fsp3) is 0.500. The molecule has 180 valence electrons. The summed E-state index contributed by atoms with van der Waals surface area (Å²) in [4.78, 5) is 40.2. The molecule has 0 unspecified atom stereocenters. The van der Waals surface area contributed by atoms with Crippen LogP contribution in [0.15, 0.2) is 18.2 Å². The first-order valence-electron chi connectivity index (χ1n) is 10.5. The van der Waals surface area contributed by atoms with Crippen LogP contribution in [-0.2, 0) is 14.2 Å². The van der Waals surface area contributed by atoms with Crippen LogP contribution in [0.25, 0.3) is 0 Å². The maximum absolute atomic E-state index is 14.1. The van der Waals surface area contributed by atoms with E-state index in [2.05, 4.69) is 0 Å². The highest BCUT2D eigenvalue weighted by Crippen LogP contribution is 2.51. The lowest BCUT2D eigenvalue weighted by atomic mass is 9.95. The van der Waals surface area contributed by atoms with E-state index >= 15 is 0 Å². The summed E-state index contributed by atoms with van der Waals surface area (Å²) in [6, 6.07) is 0.633. The summed E-state index contributed by atoms with van der Waals surface area (Å²) in [5.41, 5.74) is -1.60. The Bertz CT molecular complexity index is 977. The van der Waals surface area contributed by atoms with E-state index in [0.29, 0.717) is 5.56 Å². The van der Waals surface area contributed by atoms with Crippen LogP contribution < -0.4 is 14.2 Å². The first-order chi connectivity index (χ1) is 15.9. The number of carbonyl (C=O) groups is 3. The van der Waals surface area contributed by atoms with Crippen molar-refractivity contribution in [1.29, 1.82) is 0 Å². The number of hydrogen-bond donors (Lipinski definition) is 0. The number of Topliss-reactive ketones (excluding diaryl/α,β-unsaturated/α-hetero) is 1. The van der Waals surface area contributed by atoms with E-state index < -0.39 is 29.7 Å². The predicted molar refractivity (Wildman–Crippen MR) is 114 cm³/mol. The molecule has 3 aliphatic rings. The third-order valence-corrected chi connectivity index (χ3v) is 5.32. The lowest BCUT2D eigenvalue weighted by molar-refractivity contribution is -0.158. The first-order valence-corrected chi connectivity index (χ1v) is 10.5. The number of hydrogen-bond acceptors (Lipinski definition) is 9. The zero-order valence-corrected chi connectivity index (χ0v) is 19.5. The average Bonchev–Trinajstić information content (AvgIpc) is 2.98. The Kier molecular flexibility index (Phi) is 7.01. The largest absolute Gasteiger partial charge is 0.493 e. The lowest BCUT2D eigenvalue weighted by Crippen LogP contribution is -2.66. The number of fused-ring (bicyclic) bond motifs is 1. The van der Waals surface area contributed by atoms with Gasteiger partial charge in [0.05, 0.1) is 39.6 Å². The molecule has 33 heavy (non-hydrogen) atoms. The van der Waals surface area contributed by atoms with Crippen molar-refractivity contribution in [2.24, 2.45) is 0 Å². The van der Waals surface area contributed by atoms with Crippen LogP contribution in [0.3, 0.4) is 0 Å². The van der Waals surface area contributed by atoms with E-state index in [-0.39, 0.29) is 42.6 Å². The number of rotatable bonds is 7. The van der Waals surface area contributed by atoms with Gasteiger partial charge in [-0.25, -0.2) is 9.59 Å². The maximum Gasteiger partial charge on any atom is 0.432 e. The summed E-state index contributed by atoms with van der Waals surface area (Å²) in [5.74, 6) is -0.0550. The number of benzene rings is 1. The quantitative estimate of drug-likeness (QED) is 0.562. The molecule has 0 aromatic heterocycles. The molecule has 1 aromatic rings. The van der Waals surface area contributed by atoms with E-state index in [9.17, 15) is 14.4 Å². The van der Waals surface area contributed by atoms with Crippen LogP contribution in [0.1, 0.15) is 42.7 Å². The number of methoxy groups -OCH3 is 3. The smallest absolute Gasteiger partial charge is 0.432 e. The zero-order chi connectivity index (χ0) is 24.3. The summed E-state index contributed by atoms with van der Waals surface area (Å²) >= 11 is 0. The molecule has 2 amide bonds. The first kappa shape index (κ1) is 24.2. The van der Waals surface area contributed by atoms with Gasteiger partial charge in [-0.2, -0.15) is 10.0 Å². The number of carbonyl (C=O) groups excluding carboxylic acids is 3. The molecule has 1 aromatic carbocycles. The third-order valence-electron chi connectivity index (χ3n) is 5.32. The van der Waals surface area contributed by atoms with Crippen molar-refractivity contribution in [3.8, 4) is 17.2 Å². The fourth-order valence-electron chi connectivity index (χ4n) is 4.01. The van der Waals surface area contributed by atoms with E-state index in [1.54, 1.807) is 32.9 Å². The van der Waals surface area contributed by atoms with Gasteiger partial charge >= 0.3 is 12.2 Å². The van der Waals surface area contributed by atoms with Crippen LogP contribution in [0.4, 0.5) is 9.59 Å². The van der Waals surface area contributed by atoms with Gasteiger partial charge in [0, 0.05) is 7.11 Å². The predicted octanol–water partition coefficient (Wildman–Crippen LogP) is 3.08. The van der Waals surface area contributed by atoms with Gasteiger partial charge in [-0.15, -0.1) is 0 Å². The molecule has 0 saturated carbocycles. The average molecular weight is 464 g/mol. The molecule has 2 atom stereocenters. The Morgan fingerprint density at radius 1 is 0.970 bits per heavy atom. The second-order valence-corrected chi connectivity index (χ2v) is 6.93. The van der Waals surface area contributed by atoms with Crippen molar-refractivity contribution in [2.45, 2.75) is 32.5 Å². The molecule has 0 N–H and O–H groups in total. The van der Waals surface area contributed by atoms with Crippen LogP contribution in [0.2, 0.25) is 0 Å². The maximum atomic E-state index is 14.1. The Balaban J connectivity index is 2.41. The highest BCUT2D eigenvalue weighted by atomic mass is 16.6. The van der Waals surface area contributed by atoms with Crippen molar-refractivity contribution < 1.29 is 42.8 Å². The Morgan fingerprint density at radius 3 is 2.18 bits per heavy atom. The normalized spacial score (nSPS) is 20.8. The number of nitrogens with zero attached hydrogens (tertiary/aromatic N) is 2. The summed E-state index contributed by atoms with van der Waals surface area (Å²) in [7, 11) is 4.11. The third kappa shape index (κ3) is 3.62. The minimum absolute atomic E-state index is 0.00710. The topological polar surface area (TPSA) is 113 Å². The van der Waals surface area contributed by atoms with E-state index in [4.69, 9.17) is 28.4 Å². The van der Waals surface area contributed by atoms with Gasteiger partial charge < -0.3 is 28.4 Å². The SMILES string of the molecule is CCOC(=O)N1[C@@H]2C=C[C@@](OC)(C(=O)c3c2cc(OC)c(OC)c3OCC)N1C(=O)OCC. The molecule has 0 radical (unpaired) electrons. The summed E-state index contributed by atoms with van der Waals surface area (Å²) in [5, 5.41) is 1.85. The summed E-state index contributed by atoms with van der Waals surface area (Å²) in [6.45, 7) is 5.25. The monoisotopic (exact) mass is 464 g/mol. The zero-order valence-electron chi connectivity index (χ0n) is 19.5. The number of ether oxygens (including phenoxy) is 6. The highest BCUT2D eigenvalue weighted by molar-refractivity contribution is 6.10. The van der Waals surface area contributed by atoms with Gasteiger partial charge in [0.1, 0.15) is 6.04 Å². The van der Waals surface area contributed by atoms with Gasteiger partial charge in [-0.05, 0) is 38.5 Å². The Morgan fingerprint density at radius 2 is 1.64 bits per heavy atom. The van der Waals surface area contributed by atoms with Crippen LogP contribution in [-0.4, -0.2) is 74.9 Å². The molecule has 1 aliphatic carbocycles. The van der Waals surface area contributed by atoms with Crippen molar-refractivity contribution in [1.82, 2.24) is 10.0 Å².